The quantitative estimate of drug-likeness (QED) is 0.265. The van der Waals surface area contributed by atoms with Gasteiger partial charge in [0, 0.05) is 50.4 Å². The molecular weight excluding hydrogens is 482 g/mol. The largest absolute Gasteiger partial charge is 0.394 e. The van der Waals surface area contributed by atoms with E-state index in [2.05, 4.69) is 26.8 Å². The second-order valence-electron chi connectivity index (χ2n) is 8.69. The molecule has 0 saturated heterocycles. The summed E-state index contributed by atoms with van der Waals surface area (Å²) in [5.74, 6) is 0.319. The van der Waals surface area contributed by atoms with Gasteiger partial charge in [-0.3, -0.25) is 9.48 Å². The highest BCUT2D eigenvalue weighted by Crippen LogP contribution is 2.42. The zero-order chi connectivity index (χ0) is 25.4. The summed E-state index contributed by atoms with van der Waals surface area (Å²) in [7, 11) is 0. The first-order chi connectivity index (χ1) is 18.1. The Morgan fingerprint density at radius 2 is 1.86 bits per heavy atom. The van der Waals surface area contributed by atoms with Gasteiger partial charge in [0.25, 0.3) is 5.91 Å². The Morgan fingerprint density at radius 3 is 2.70 bits per heavy atom. The van der Waals surface area contributed by atoms with Crippen molar-refractivity contribution in [3.63, 3.8) is 0 Å². The highest BCUT2D eigenvalue weighted by molar-refractivity contribution is 7.18. The molecule has 0 unspecified atom stereocenters. The number of hydrogen-bond donors (Lipinski definition) is 3. The third-order valence-electron chi connectivity index (χ3n) is 6.37. The molecule has 0 saturated carbocycles. The predicted molar refractivity (Wildman–Crippen MR) is 150 cm³/mol. The number of amides is 1. The molecule has 0 aliphatic carbocycles. The SMILES string of the molecule is Nc1ncc(-c2cnn(CCO)c2)c2scc(-c3ccc4c(C(=O)Nc5ccccc5)cccc4c3)c12. The summed E-state index contributed by atoms with van der Waals surface area (Å²) < 4.78 is 2.74. The number of carbonyl (C=O) groups excluding carboxylic acids is 1. The number of benzene rings is 3. The molecule has 1 amide bonds. The van der Waals surface area contributed by atoms with Crippen LogP contribution >= 0.6 is 11.3 Å². The van der Waals surface area contributed by atoms with Gasteiger partial charge in [0.15, 0.2) is 0 Å². The van der Waals surface area contributed by atoms with E-state index in [1.165, 1.54) is 0 Å². The molecule has 4 N–H and O–H groups in total. The monoisotopic (exact) mass is 505 g/mol. The molecule has 0 fully saturated rings. The highest BCUT2D eigenvalue weighted by atomic mass is 32.1. The van der Waals surface area contributed by atoms with E-state index in [0.717, 1.165) is 48.8 Å². The lowest BCUT2D eigenvalue weighted by molar-refractivity contribution is 0.102. The van der Waals surface area contributed by atoms with Crippen LogP contribution in [0.3, 0.4) is 0 Å². The molecule has 0 spiro atoms. The van der Waals surface area contributed by atoms with Crippen LogP contribution in [0, 0.1) is 0 Å². The van der Waals surface area contributed by atoms with Gasteiger partial charge in [-0.25, -0.2) is 4.98 Å². The first-order valence-corrected chi connectivity index (χ1v) is 12.7. The minimum Gasteiger partial charge on any atom is -0.394 e. The number of nitrogens with two attached hydrogens (primary N) is 1. The Labute approximate surface area is 216 Å². The lowest BCUT2D eigenvalue weighted by Gasteiger charge is -2.10. The van der Waals surface area contributed by atoms with Gasteiger partial charge < -0.3 is 16.2 Å². The molecule has 0 radical (unpaired) electrons. The highest BCUT2D eigenvalue weighted by Gasteiger charge is 2.17. The second-order valence-corrected chi connectivity index (χ2v) is 9.57. The fourth-order valence-electron chi connectivity index (χ4n) is 4.58. The van der Waals surface area contributed by atoms with Crippen LogP contribution in [-0.2, 0) is 6.54 Å². The standard InChI is InChI=1S/C29H23N5O2S/c30-28-26-25(17-37-27(26)24(15-31-28)20-14-32-34(16-20)11-12-35)19-9-10-22-18(13-19)5-4-8-23(22)29(36)33-21-6-2-1-3-7-21/h1-10,13-17,35H,11-12H2,(H2,30,31)(H,33,36). The molecule has 8 heteroatoms. The molecule has 6 rings (SSSR count). The van der Waals surface area contributed by atoms with E-state index in [-0.39, 0.29) is 12.5 Å². The molecule has 0 atom stereocenters. The number of aliphatic hydroxyl groups excluding tert-OH is 1. The minimum absolute atomic E-state index is 0.0251. The van der Waals surface area contributed by atoms with E-state index in [9.17, 15) is 9.90 Å². The van der Waals surface area contributed by atoms with Crippen molar-refractivity contribution in [2.24, 2.45) is 0 Å². The van der Waals surface area contributed by atoms with Crippen LogP contribution in [0.5, 0.6) is 0 Å². The van der Waals surface area contributed by atoms with E-state index in [4.69, 9.17) is 5.73 Å². The average molecular weight is 506 g/mol. The van der Waals surface area contributed by atoms with Crippen LogP contribution in [0.1, 0.15) is 10.4 Å². The average Bonchev–Trinajstić information content (AvgIpc) is 3.57. The number of para-hydroxylation sites is 1. The molecule has 37 heavy (non-hydrogen) atoms. The van der Waals surface area contributed by atoms with Gasteiger partial charge >= 0.3 is 0 Å². The predicted octanol–water partition coefficient (Wildman–Crippen LogP) is 5.81. The van der Waals surface area contributed by atoms with Crippen molar-refractivity contribution in [3.05, 3.63) is 96.3 Å². The fraction of sp³-hybridized carbons (Fsp3) is 0.0690. The Hall–Kier alpha value is -4.53. The third kappa shape index (κ3) is 4.22. The normalized spacial score (nSPS) is 11.3. The van der Waals surface area contributed by atoms with E-state index >= 15 is 0 Å². The van der Waals surface area contributed by atoms with Crippen LogP contribution < -0.4 is 11.1 Å². The summed E-state index contributed by atoms with van der Waals surface area (Å²) in [4.78, 5) is 17.5. The molecule has 182 valence electrons. The number of thiophene rings is 1. The summed E-state index contributed by atoms with van der Waals surface area (Å²) in [6.45, 7) is 0.459. The molecule has 0 aliphatic heterocycles. The topological polar surface area (TPSA) is 106 Å². The fourth-order valence-corrected chi connectivity index (χ4v) is 5.70. The maximum absolute atomic E-state index is 13.0. The van der Waals surface area contributed by atoms with Gasteiger partial charge in [-0.2, -0.15) is 5.10 Å². The van der Waals surface area contributed by atoms with Crippen LogP contribution in [0.2, 0.25) is 0 Å². The zero-order valence-corrected chi connectivity index (χ0v) is 20.6. The van der Waals surface area contributed by atoms with Crippen molar-refractivity contribution >= 4 is 49.6 Å². The molecule has 3 heterocycles. The van der Waals surface area contributed by atoms with Crippen LogP contribution in [0.4, 0.5) is 11.5 Å². The van der Waals surface area contributed by atoms with Crippen LogP contribution in [-0.4, -0.2) is 32.4 Å². The number of nitrogens with zero attached hydrogens (tertiary/aromatic N) is 3. The van der Waals surface area contributed by atoms with E-state index in [1.54, 1.807) is 28.4 Å². The van der Waals surface area contributed by atoms with Crippen molar-refractivity contribution in [2.75, 3.05) is 17.7 Å². The van der Waals surface area contributed by atoms with Gasteiger partial charge in [0.2, 0.25) is 0 Å². The van der Waals surface area contributed by atoms with Crippen molar-refractivity contribution < 1.29 is 9.90 Å². The van der Waals surface area contributed by atoms with Crippen LogP contribution in [0.15, 0.2) is 90.7 Å². The summed E-state index contributed by atoms with van der Waals surface area (Å²) >= 11 is 1.61. The van der Waals surface area contributed by atoms with Gasteiger partial charge in [-0.15, -0.1) is 11.3 Å². The van der Waals surface area contributed by atoms with Gasteiger partial charge in [0.05, 0.1) is 19.3 Å². The van der Waals surface area contributed by atoms with Crippen molar-refractivity contribution in [2.45, 2.75) is 6.54 Å². The Kier molecular flexibility index (Phi) is 5.88. The third-order valence-corrected chi connectivity index (χ3v) is 7.38. The molecule has 0 bridgehead atoms. The van der Waals surface area contributed by atoms with Crippen molar-refractivity contribution in [1.82, 2.24) is 14.8 Å². The molecule has 7 nitrogen and oxygen atoms in total. The smallest absolute Gasteiger partial charge is 0.256 e. The number of aromatic nitrogens is 3. The van der Waals surface area contributed by atoms with Gasteiger partial charge in [-0.1, -0.05) is 42.5 Å². The van der Waals surface area contributed by atoms with E-state index < -0.39 is 0 Å². The van der Waals surface area contributed by atoms with Crippen LogP contribution in [0.25, 0.3) is 43.1 Å². The van der Waals surface area contributed by atoms with E-state index in [0.29, 0.717) is 17.9 Å². The number of fused-ring (bicyclic) bond motifs is 2. The second kappa shape index (κ2) is 9.50. The lowest BCUT2D eigenvalue weighted by atomic mass is 9.97. The maximum atomic E-state index is 13.0. The summed E-state index contributed by atoms with van der Waals surface area (Å²) in [5.41, 5.74) is 11.6. The van der Waals surface area contributed by atoms with E-state index in [1.807, 2.05) is 66.9 Å². The Morgan fingerprint density at radius 1 is 1.00 bits per heavy atom. The lowest BCUT2D eigenvalue weighted by Crippen LogP contribution is -2.12. The number of hydrogen-bond acceptors (Lipinski definition) is 6. The first-order valence-electron chi connectivity index (χ1n) is 11.8. The zero-order valence-electron chi connectivity index (χ0n) is 19.8. The molecular formula is C29H23N5O2S. The number of carbonyl (C=O) groups is 1. The Balaban J connectivity index is 1.40. The minimum atomic E-state index is -0.148. The number of aliphatic hydroxyl groups is 1. The summed E-state index contributed by atoms with van der Waals surface area (Å²) in [6.07, 6.45) is 5.45. The molecule has 0 aliphatic rings. The van der Waals surface area contributed by atoms with Gasteiger partial charge in [-0.05, 0) is 46.0 Å². The number of rotatable bonds is 6. The van der Waals surface area contributed by atoms with Crippen molar-refractivity contribution in [1.29, 1.82) is 0 Å². The Bertz CT molecular complexity index is 1760. The summed E-state index contributed by atoms with van der Waals surface area (Å²) in [6, 6.07) is 21.3. The van der Waals surface area contributed by atoms with Crippen molar-refractivity contribution in [3.8, 4) is 22.3 Å². The summed E-state index contributed by atoms with van der Waals surface area (Å²) in [5, 5.41) is 21.4. The molecule has 3 aromatic carbocycles. The first kappa shape index (κ1) is 22.9. The number of pyridine rings is 1. The molecule has 3 aromatic heterocycles. The number of nitrogens with one attached hydrogen (secondary N) is 1. The van der Waals surface area contributed by atoms with Gasteiger partial charge in [0.1, 0.15) is 5.82 Å². The molecule has 6 aromatic rings. The number of nitrogen functional groups attached to an aromatic ring is 1. The maximum Gasteiger partial charge on any atom is 0.256 e. The number of anilines is 2.